The van der Waals surface area contributed by atoms with Gasteiger partial charge < -0.3 is 68.0 Å². The van der Waals surface area contributed by atoms with Crippen LogP contribution in [0.15, 0.2) is 218 Å². The summed E-state index contributed by atoms with van der Waals surface area (Å²) in [4.78, 5) is 239. The predicted molar refractivity (Wildman–Crippen MR) is 516 cm³/mol. The molecule has 12 N–H and O–H groups in total. The van der Waals surface area contributed by atoms with E-state index in [4.69, 9.17) is 64.9 Å². The molecule has 0 bridgehead atoms. The number of nitrogens with two attached hydrogens (primary N) is 3. The van der Waals surface area contributed by atoms with Gasteiger partial charge in [0.05, 0.1) is 64.6 Å². The Morgan fingerprint density at radius 1 is 0.338 bits per heavy atom. The van der Waals surface area contributed by atoms with Crippen molar-refractivity contribution in [3.05, 3.63) is 359 Å². The van der Waals surface area contributed by atoms with Crippen molar-refractivity contribution in [3.8, 4) is 0 Å². The number of nitro groups is 9. The van der Waals surface area contributed by atoms with E-state index < -0.39 is 128 Å². The van der Waals surface area contributed by atoms with E-state index in [1.807, 2.05) is 6.92 Å². The van der Waals surface area contributed by atoms with Crippen LogP contribution in [0.4, 0.5) is 60.8 Å². The first-order chi connectivity index (χ1) is 69.7. The summed E-state index contributed by atoms with van der Waals surface area (Å²) in [6, 6.07) is 46.9. The first kappa shape index (κ1) is 125. The number of hydrogen-bond donors (Lipinski definition) is 9. The van der Waals surface area contributed by atoms with Crippen molar-refractivity contribution < 1.29 is 130 Å². The largest absolute Gasteiger partial charge is 0.467 e. The predicted octanol–water partition coefficient (Wildman–Crippen LogP) is 8.88. The summed E-state index contributed by atoms with van der Waals surface area (Å²) >= 11 is 0. The first-order valence-electron chi connectivity index (χ1n) is 43.3. The van der Waals surface area contributed by atoms with Crippen molar-refractivity contribution in [3.63, 3.8) is 0 Å². The van der Waals surface area contributed by atoms with E-state index in [0.717, 1.165) is 36.6 Å². The number of nitrogens with zero attached hydrogens (tertiary/aromatic N) is 9. The lowest BCUT2D eigenvalue weighted by molar-refractivity contribution is -0.385. The average molecular weight is 2060 g/mol. The van der Waals surface area contributed by atoms with Crippen LogP contribution in [-0.2, 0) is 134 Å². The number of nitrogens with one attached hydrogen (secondary N) is 6. The Morgan fingerprint density at radius 3 is 0.804 bits per heavy atom. The van der Waals surface area contributed by atoms with Crippen LogP contribution in [0.1, 0.15) is 98.5 Å². The van der Waals surface area contributed by atoms with Crippen LogP contribution in [0.25, 0.3) is 0 Å². The number of methoxy groups -OCH3 is 2. The van der Waals surface area contributed by atoms with Crippen LogP contribution in [0.5, 0.6) is 0 Å². The number of piperazine rings is 1. The second kappa shape index (κ2) is 64.4. The molecule has 9 aromatic carbocycles. The normalized spacial score (nSPS) is 12.7. The Balaban J connectivity index is 0.000000610. The summed E-state index contributed by atoms with van der Waals surface area (Å²) in [5, 5.41) is 111. The lowest BCUT2D eigenvalue weighted by Gasteiger charge is -2.29. The summed E-state index contributed by atoms with van der Waals surface area (Å²) in [5.41, 5.74) is 21.8. The molecule has 0 aliphatic carbocycles. The quantitative estimate of drug-likeness (QED) is 0.00774. The molecule has 1 saturated heterocycles. The highest BCUT2D eigenvalue weighted by Gasteiger charge is 2.35. The van der Waals surface area contributed by atoms with Crippen LogP contribution in [-0.4, -0.2) is 191 Å². The Kier molecular flexibility index (Phi) is 54.4. The van der Waals surface area contributed by atoms with Crippen molar-refractivity contribution in [2.75, 3.05) is 27.3 Å². The van der Waals surface area contributed by atoms with Gasteiger partial charge >= 0.3 is 42.6 Å². The van der Waals surface area contributed by atoms with Gasteiger partial charge in [0.1, 0.15) is 41.4 Å². The van der Waals surface area contributed by atoms with Crippen molar-refractivity contribution >= 4 is 117 Å². The molecule has 1 heterocycles. The number of carbonyl (C=O) groups excluding carboxylic acids is 14. The molecule has 0 aromatic heterocycles. The van der Waals surface area contributed by atoms with Gasteiger partial charge in [-0.15, -0.1) is 0 Å². The molecular formula is C94H104N18O36. The first-order valence-corrected chi connectivity index (χ1v) is 43.3. The molecule has 148 heavy (non-hydrogen) atoms. The molecule has 0 spiro atoms. The Labute approximate surface area is 839 Å². The molecule has 0 unspecified atom stereocenters. The molecule has 10 rings (SSSR count). The van der Waals surface area contributed by atoms with E-state index in [-0.39, 0.29) is 126 Å². The summed E-state index contributed by atoms with van der Waals surface area (Å²) in [5.74, 6) is -3.51. The molecular weight excluding hydrogens is 1960 g/mol. The van der Waals surface area contributed by atoms with Gasteiger partial charge in [0, 0.05) is 154 Å². The highest BCUT2D eigenvalue weighted by atomic mass is 16.7. The molecule has 0 saturated carbocycles. The topological polar surface area (TPSA) is 814 Å². The molecule has 54 nitrogen and oxygen atoms in total. The fourth-order valence-corrected chi connectivity index (χ4v) is 12.4. The number of carbonyl (C=O) groups is 8. The zero-order valence-corrected chi connectivity index (χ0v) is 80.6. The summed E-state index contributed by atoms with van der Waals surface area (Å²) in [6.07, 6.45) is 2.00. The van der Waals surface area contributed by atoms with Crippen molar-refractivity contribution in [1.29, 1.82) is 0 Å². The number of non-ortho nitro benzene ring substituents is 9. The number of ether oxygens (including phenoxy) is 4. The minimum atomic E-state index is -1.21. The average Bonchev–Trinajstić information content (AvgIpc) is 0.819. The summed E-state index contributed by atoms with van der Waals surface area (Å²) < 4.78 is 19.8. The van der Waals surface area contributed by atoms with Crippen LogP contribution in [0.3, 0.4) is 0 Å². The van der Waals surface area contributed by atoms with Gasteiger partial charge in [0.2, 0.25) is 23.6 Å². The zero-order chi connectivity index (χ0) is 112. The smallest absolute Gasteiger partial charge is 0.408 e. The fourth-order valence-electron chi connectivity index (χ4n) is 12.4. The molecule has 1 aliphatic heterocycles. The molecule has 1 aliphatic rings. The van der Waals surface area contributed by atoms with Gasteiger partial charge in [0.25, 0.3) is 51.2 Å². The van der Waals surface area contributed by atoms with Gasteiger partial charge in [-0.2, -0.15) is 28.8 Å². The number of amides is 6. The third-order valence-electron chi connectivity index (χ3n) is 19.3. The third kappa shape index (κ3) is 49.4. The van der Waals surface area contributed by atoms with E-state index in [1.165, 1.54) is 165 Å². The monoisotopic (exact) mass is 2060 g/mol. The Morgan fingerprint density at radius 2 is 0.561 bits per heavy atom. The molecule has 6 amide bonds. The highest BCUT2D eigenvalue weighted by Crippen LogP contribution is 2.24. The molecule has 1 fully saturated rings. The van der Waals surface area contributed by atoms with E-state index in [0.29, 0.717) is 52.9 Å². The second-order valence-electron chi connectivity index (χ2n) is 32.8. The van der Waals surface area contributed by atoms with Crippen molar-refractivity contribution in [2.24, 2.45) is 17.2 Å². The maximum absolute atomic E-state index is 13.2. The van der Waals surface area contributed by atoms with E-state index in [1.54, 1.807) is 102 Å². The van der Waals surface area contributed by atoms with Gasteiger partial charge in [-0.25, -0.2) is 19.2 Å². The third-order valence-corrected chi connectivity index (χ3v) is 19.3. The van der Waals surface area contributed by atoms with Crippen LogP contribution in [0.2, 0.25) is 0 Å². The highest BCUT2D eigenvalue weighted by molar-refractivity contribution is 5.97. The molecule has 0 radical (unpaired) electrons. The van der Waals surface area contributed by atoms with Gasteiger partial charge in [-0.3, -0.25) is 110 Å². The standard InChI is InChI=1S/C24H28N4O9.C19H20N4O7.C18H16N4O6.C13H18N2O4.C9H12N2O2.C8H10N2O2.3CO2/c1-24(2,3)37-23(31)26-19(13-15-5-9-17(10-6-15)27(32)33)21(29)25-20(22(30)36-4)14-16-7-11-18(12-8-16)28(34)35;1-30-19(25)17(11-13-4-8-15(9-5-13)23(28)29)21-18(24)16(20)10-12-2-6-14(7-3-12)22(26)27;23-17-15(9-11-1-5-13(6-2-11)21(25)26)19-18(24)16(20-17)10-12-3-7-14(8-4-12)22(27)28;1-13(2,3)19-12(16)14-9-8-10-4-6-11(7-5-10)15(17)18;1-7(10)6-8-2-4-9(5-3-8)11(12)13;9-6-5-7-1-3-8(4-2-7)10(11)12;3*2-1-3/h5-12,19-20H,13-14H2,1-4H3,(H,25,29)(H,26,31);2-9,16-17H,10-11,20H2,1H3,(H,21,24);1-8,15-16H,9-10H2,(H,19,24)(H,20,23);4-7H,8-9H2,1-3H3,(H,14,16);2-5,7H,6,10H2,1H3;1-4H,5-6,9H2;;;/t19-,20-;16-,17-;15-,16-;;7-;;;;/m000.1..../s1. The Hall–Kier alpha value is -19.0. The van der Waals surface area contributed by atoms with Crippen molar-refractivity contribution in [1.82, 2.24) is 31.9 Å². The molecule has 786 valence electrons. The van der Waals surface area contributed by atoms with E-state index in [2.05, 4.69) is 31.9 Å². The summed E-state index contributed by atoms with van der Waals surface area (Å²) in [7, 11) is 2.32. The lowest BCUT2D eigenvalue weighted by atomic mass is 9.98. The zero-order valence-electron chi connectivity index (χ0n) is 80.6. The SMILES string of the molecule is CC(C)(C)OC(=O)NCCc1ccc([N+](=O)[O-])cc1.COC(=O)[C@H](Cc1ccc([N+](=O)[O-])cc1)NC(=O)[C@@H](N)Cc1ccc([N+](=O)[O-])cc1.COC(=O)[C@H](Cc1ccc([N+](=O)[O-])cc1)NC(=O)[C@H](Cc1ccc([N+](=O)[O-])cc1)NC(=O)OC(C)(C)C.C[C@@H](N)Cc1ccc([N+](=O)[O-])cc1.NCCc1ccc([N+](=O)[O-])cc1.O=C1N[C@@H](Cc2ccc([N+](=O)[O-])cc2)C(=O)N[C@H]1Cc1ccc([N+](=O)[O-])cc1.O=C=O.O=C=O.O=C=O. The molecule has 9 aromatic rings. The maximum atomic E-state index is 13.2. The summed E-state index contributed by atoms with van der Waals surface area (Å²) in [6.45, 7) is 13.2. The number of nitro benzene ring substituents is 9. The lowest BCUT2D eigenvalue weighted by Crippen LogP contribution is -2.62. The fraction of sp³-hybridized carbons (Fsp3) is 0.309. The van der Waals surface area contributed by atoms with Crippen LogP contribution in [0, 0.1) is 91.0 Å². The maximum Gasteiger partial charge on any atom is 0.408 e. The van der Waals surface area contributed by atoms with Gasteiger partial charge in [-0.05, 0) is 131 Å². The Bertz CT molecular complexity index is 5970. The van der Waals surface area contributed by atoms with Crippen molar-refractivity contribution in [2.45, 2.75) is 160 Å². The van der Waals surface area contributed by atoms with E-state index >= 15 is 0 Å². The van der Waals surface area contributed by atoms with Crippen LogP contribution >= 0.6 is 0 Å². The van der Waals surface area contributed by atoms with E-state index in [9.17, 15) is 129 Å². The molecule has 54 heteroatoms. The number of esters is 2. The second-order valence-corrected chi connectivity index (χ2v) is 32.8. The van der Waals surface area contributed by atoms with Gasteiger partial charge in [-0.1, -0.05) is 109 Å². The number of alkyl carbamates (subject to hydrolysis) is 2. The van der Waals surface area contributed by atoms with Gasteiger partial charge in [0.15, 0.2) is 0 Å². The minimum absolute atomic E-state index is 0.0346. The number of rotatable bonds is 35. The molecule has 7 atom stereocenters. The number of hydrogen-bond acceptors (Lipinski definition) is 39. The minimum Gasteiger partial charge on any atom is -0.467 e. The number of benzene rings is 9. The van der Waals surface area contributed by atoms with Crippen LogP contribution < -0.4 is 49.1 Å².